The molecule has 104 valence electrons. The molecule has 0 fully saturated rings. The Bertz CT molecular complexity index is 635. The van der Waals surface area contributed by atoms with Gasteiger partial charge < -0.3 is 5.32 Å². The zero-order valence-corrected chi connectivity index (χ0v) is 12.7. The third-order valence-electron chi connectivity index (χ3n) is 3.41. The van der Waals surface area contributed by atoms with E-state index in [2.05, 4.69) is 5.32 Å². The minimum atomic E-state index is -0.147. The van der Waals surface area contributed by atoms with Crippen LogP contribution in [-0.2, 0) is 0 Å². The third kappa shape index (κ3) is 3.20. The lowest BCUT2D eigenvalue weighted by Crippen LogP contribution is -2.13. The number of hydrogen-bond donors (Lipinski definition) is 1. The van der Waals surface area contributed by atoms with E-state index >= 15 is 0 Å². The highest BCUT2D eigenvalue weighted by Gasteiger charge is 2.12. The van der Waals surface area contributed by atoms with E-state index in [0.717, 1.165) is 16.8 Å². The Morgan fingerprint density at radius 1 is 1.10 bits per heavy atom. The summed E-state index contributed by atoms with van der Waals surface area (Å²) in [6.07, 6.45) is 0. The lowest BCUT2D eigenvalue weighted by atomic mass is 10.1. The lowest BCUT2D eigenvalue weighted by molar-refractivity contribution is 0.102. The fourth-order valence-electron chi connectivity index (χ4n) is 2.03. The van der Waals surface area contributed by atoms with Gasteiger partial charge >= 0.3 is 0 Å². The van der Waals surface area contributed by atoms with E-state index in [9.17, 15) is 4.79 Å². The van der Waals surface area contributed by atoms with Gasteiger partial charge in [-0.25, -0.2) is 0 Å². The summed E-state index contributed by atoms with van der Waals surface area (Å²) in [6, 6.07) is 13.3. The number of nitrogens with one attached hydrogen (secondary N) is 1. The number of aryl methyl sites for hydroxylation is 2. The van der Waals surface area contributed by atoms with Gasteiger partial charge in [0.25, 0.3) is 5.91 Å². The first-order valence-electron chi connectivity index (χ1n) is 6.60. The Balaban J connectivity index is 2.26. The first-order chi connectivity index (χ1) is 9.49. The Kier molecular flexibility index (Phi) is 4.46. The zero-order valence-electron chi connectivity index (χ0n) is 11.9. The van der Waals surface area contributed by atoms with Gasteiger partial charge in [0.05, 0.1) is 5.38 Å². The van der Waals surface area contributed by atoms with Crippen LogP contribution in [-0.4, -0.2) is 5.91 Å². The summed E-state index contributed by atoms with van der Waals surface area (Å²) in [5, 5.41) is 2.78. The van der Waals surface area contributed by atoms with Crippen LogP contribution in [0.15, 0.2) is 42.5 Å². The number of rotatable bonds is 3. The van der Waals surface area contributed by atoms with Crippen molar-refractivity contribution in [3.63, 3.8) is 0 Å². The highest BCUT2D eigenvalue weighted by Crippen LogP contribution is 2.27. The van der Waals surface area contributed by atoms with Crippen LogP contribution in [0.3, 0.4) is 0 Å². The molecule has 0 bridgehead atoms. The van der Waals surface area contributed by atoms with Crippen molar-refractivity contribution < 1.29 is 4.79 Å². The summed E-state index contributed by atoms with van der Waals surface area (Å²) in [7, 11) is 0. The number of para-hydroxylation sites is 1. The standard InChI is InChI=1S/C17H18ClNO/c1-11-8-9-14(10-12(11)2)17(20)19-16-7-5-4-6-15(16)13(3)18/h4-10,13H,1-3H3,(H,19,20). The number of anilines is 1. The molecule has 3 heteroatoms. The zero-order chi connectivity index (χ0) is 14.7. The number of hydrogen-bond acceptors (Lipinski definition) is 1. The Morgan fingerprint density at radius 2 is 1.80 bits per heavy atom. The molecule has 1 amide bonds. The number of carbonyl (C=O) groups is 1. The van der Waals surface area contributed by atoms with Crippen molar-refractivity contribution in [3.8, 4) is 0 Å². The first kappa shape index (κ1) is 14.6. The quantitative estimate of drug-likeness (QED) is 0.803. The Morgan fingerprint density at radius 3 is 2.45 bits per heavy atom. The molecule has 1 N–H and O–H groups in total. The van der Waals surface area contributed by atoms with Crippen LogP contribution in [0.25, 0.3) is 0 Å². The molecular formula is C17H18ClNO. The molecule has 0 aliphatic carbocycles. The smallest absolute Gasteiger partial charge is 0.255 e. The topological polar surface area (TPSA) is 29.1 Å². The van der Waals surface area contributed by atoms with Crippen LogP contribution in [0.2, 0.25) is 0 Å². The number of amides is 1. The van der Waals surface area contributed by atoms with Crippen LogP contribution in [0, 0.1) is 13.8 Å². The van der Waals surface area contributed by atoms with E-state index < -0.39 is 0 Å². The summed E-state index contributed by atoms with van der Waals surface area (Å²) in [6.45, 7) is 5.92. The van der Waals surface area contributed by atoms with Gasteiger partial charge in [0, 0.05) is 11.3 Å². The number of carbonyl (C=O) groups excluding carboxylic acids is 1. The van der Waals surface area contributed by atoms with Crippen molar-refractivity contribution in [3.05, 3.63) is 64.7 Å². The Hall–Kier alpha value is -1.80. The number of halogens is 1. The normalized spacial score (nSPS) is 12.0. The molecule has 0 heterocycles. The van der Waals surface area contributed by atoms with Crippen LogP contribution < -0.4 is 5.32 Å². The van der Waals surface area contributed by atoms with E-state index in [1.165, 1.54) is 5.56 Å². The summed E-state index contributed by atoms with van der Waals surface area (Å²) >= 11 is 6.13. The average molecular weight is 288 g/mol. The van der Waals surface area contributed by atoms with Crippen LogP contribution in [0.5, 0.6) is 0 Å². The van der Waals surface area contributed by atoms with E-state index in [4.69, 9.17) is 11.6 Å². The van der Waals surface area contributed by atoms with Crippen molar-refractivity contribution in [2.45, 2.75) is 26.1 Å². The predicted molar refractivity (Wildman–Crippen MR) is 84.6 cm³/mol. The molecule has 20 heavy (non-hydrogen) atoms. The summed E-state index contributed by atoms with van der Waals surface area (Å²) in [5.41, 5.74) is 4.63. The molecular weight excluding hydrogens is 270 g/mol. The summed E-state index contributed by atoms with van der Waals surface area (Å²) in [4.78, 5) is 12.3. The molecule has 2 aromatic carbocycles. The second-order valence-corrected chi connectivity index (χ2v) is 5.61. The van der Waals surface area contributed by atoms with Gasteiger partial charge in [-0.2, -0.15) is 0 Å². The van der Waals surface area contributed by atoms with Crippen molar-refractivity contribution in [2.24, 2.45) is 0 Å². The number of benzene rings is 2. The van der Waals surface area contributed by atoms with Crippen LogP contribution in [0.4, 0.5) is 5.69 Å². The average Bonchev–Trinajstić information content (AvgIpc) is 2.42. The second-order valence-electron chi connectivity index (χ2n) is 4.96. The largest absolute Gasteiger partial charge is 0.322 e. The minimum absolute atomic E-state index is 0.113. The Labute approximate surface area is 124 Å². The third-order valence-corrected chi connectivity index (χ3v) is 3.64. The van der Waals surface area contributed by atoms with Crippen LogP contribution >= 0.6 is 11.6 Å². The van der Waals surface area contributed by atoms with Crippen molar-refractivity contribution in [2.75, 3.05) is 5.32 Å². The van der Waals surface area contributed by atoms with Gasteiger partial charge in [-0.3, -0.25) is 4.79 Å². The van der Waals surface area contributed by atoms with Gasteiger partial charge in [-0.15, -0.1) is 11.6 Å². The maximum absolute atomic E-state index is 12.3. The minimum Gasteiger partial charge on any atom is -0.322 e. The monoisotopic (exact) mass is 287 g/mol. The fraction of sp³-hybridized carbons (Fsp3) is 0.235. The first-order valence-corrected chi connectivity index (χ1v) is 7.04. The molecule has 0 saturated carbocycles. The maximum Gasteiger partial charge on any atom is 0.255 e. The van der Waals surface area contributed by atoms with Gasteiger partial charge in [0.2, 0.25) is 0 Å². The molecule has 0 aliphatic rings. The molecule has 2 aromatic rings. The van der Waals surface area contributed by atoms with Gasteiger partial charge in [0.15, 0.2) is 0 Å². The molecule has 2 nitrogen and oxygen atoms in total. The highest BCUT2D eigenvalue weighted by atomic mass is 35.5. The van der Waals surface area contributed by atoms with E-state index in [0.29, 0.717) is 5.56 Å². The van der Waals surface area contributed by atoms with Crippen LogP contribution in [0.1, 0.15) is 39.3 Å². The van der Waals surface area contributed by atoms with E-state index in [-0.39, 0.29) is 11.3 Å². The van der Waals surface area contributed by atoms with E-state index in [1.54, 1.807) is 0 Å². The molecule has 0 saturated heterocycles. The molecule has 1 atom stereocenters. The molecule has 0 aliphatic heterocycles. The highest BCUT2D eigenvalue weighted by molar-refractivity contribution is 6.21. The van der Waals surface area contributed by atoms with Crippen molar-refractivity contribution >= 4 is 23.2 Å². The molecule has 0 radical (unpaired) electrons. The predicted octanol–water partition coefficient (Wildman–Crippen LogP) is 4.86. The molecule has 1 unspecified atom stereocenters. The number of alkyl halides is 1. The van der Waals surface area contributed by atoms with Gasteiger partial charge in [0.1, 0.15) is 0 Å². The SMILES string of the molecule is Cc1ccc(C(=O)Nc2ccccc2C(C)Cl)cc1C. The second kappa shape index (κ2) is 6.10. The van der Waals surface area contributed by atoms with E-state index in [1.807, 2.05) is 63.2 Å². The van der Waals surface area contributed by atoms with Crippen molar-refractivity contribution in [1.82, 2.24) is 0 Å². The lowest BCUT2D eigenvalue weighted by Gasteiger charge is -2.13. The summed E-state index contributed by atoms with van der Waals surface area (Å²) < 4.78 is 0. The molecule has 0 aromatic heterocycles. The molecule has 0 spiro atoms. The molecule has 2 rings (SSSR count). The fourth-order valence-corrected chi connectivity index (χ4v) is 2.23. The van der Waals surface area contributed by atoms with Gasteiger partial charge in [-0.1, -0.05) is 24.3 Å². The maximum atomic E-state index is 12.3. The summed E-state index contributed by atoms with van der Waals surface area (Å²) in [5.74, 6) is -0.113. The van der Waals surface area contributed by atoms with Gasteiger partial charge in [-0.05, 0) is 55.7 Å². The van der Waals surface area contributed by atoms with Crippen molar-refractivity contribution in [1.29, 1.82) is 0 Å².